The van der Waals surface area contributed by atoms with Crippen LogP contribution < -0.4 is 4.74 Å². The fourth-order valence-electron chi connectivity index (χ4n) is 1.38. The van der Waals surface area contributed by atoms with Gasteiger partial charge in [0.25, 0.3) is 0 Å². The van der Waals surface area contributed by atoms with Crippen molar-refractivity contribution >= 4 is 29.5 Å². The summed E-state index contributed by atoms with van der Waals surface area (Å²) in [5.74, 6) is 0.0676. The molecule has 18 heavy (non-hydrogen) atoms. The number of carbonyl (C=O) groups excluding carboxylic acids is 1. The van der Waals surface area contributed by atoms with Crippen LogP contribution in [0.4, 0.5) is 4.39 Å². The van der Waals surface area contributed by atoms with Crippen molar-refractivity contribution in [1.82, 2.24) is 0 Å². The number of ether oxygens (including phenoxy) is 1. The zero-order valence-electron chi connectivity index (χ0n) is 8.99. The minimum atomic E-state index is -0.508. The van der Waals surface area contributed by atoms with E-state index in [-0.39, 0.29) is 11.3 Å². The second-order valence-electron chi connectivity index (χ2n) is 3.48. The fourth-order valence-corrected chi connectivity index (χ4v) is 1.83. The molecule has 5 heteroatoms. The number of hydrogen-bond donors (Lipinski definition) is 0. The lowest BCUT2D eigenvalue weighted by molar-refractivity contribution is 0.112. The Morgan fingerprint density at radius 1 is 1.06 bits per heavy atom. The van der Waals surface area contributed by atoms with E-state index in [0.717, 1.165) is 6.07 Å². The van der Waals surface area contributed by atoms with Crippen molar-refractivity contribution in [1.29, 1.82) is 0 Å². The summed E-state index contributed by atoms with van der Waals surface area (Å²) in [7, 11) is 0. The monoisotopic (exact) mass is 284 g/mol. The minimum Gasteiger partial charge on any atom is -0.455 e. The van der Waals surface area contributed by atoms with Crippen molar-refractivity contribution in [3.05, 3.63) is 57.8 Å². The van der Waals surface area contributed by atoms with E-state index in [4.69, 9.17) is 27.9 Å². The quantitative estimate of drug-likeness (QED) is 0.761. The molecule has 0 atom stereocenters. The predicted molar refractivity (Wildman–Crippen MR) is 68.3 cm³/mol. The maximum atomic E-state index is 12.9. The van der Waals surface area contributed by atoms with Gasteiger partial charge in [0.15, 0.2) is 6.29 Å². The van der Waals surface area contributed by atoms with Crippen LogP contribution in [0.5, 0.6) is 11.5 Å². The van der Waals surface area contributed by atoms with Crippen LogP contribution in [0.15, 0.2) is 36.4 Å². The Morgan fingerprint density at radius 2 is 1.78 bits per heavy atom. The van der Waals surface area contributed by atoms with Gasteiger partial charge < -0.3 is 4.74 Å². The second-order valence-corrected chi connectivity index (χ2v) is 4.32. The maximum absolute atomic E-state index is 12.9. The Labute approximate surface area is 113 Å². The smallest absolute Gasteiger partial charge is 0.153 e. The van der Waals surface area contributed by atoms with Gasteiger partial charge in [0.2, 0.25) is 0 Å². The molecule has 92 valence electrons. The van der Waals surface area contributed by atoms with Crippen LogP contribution in [0, 0.1) is 5.82 Å². The highest BCUT2D eigenvalue weighted by Crippen LogP contribution is 2.32. The largest absolute Gasteiger partial charge is 0.455 e. The molecule has 0 heterocycles. The molecule has 0 spiro atoms. The second kappa shape index (κ2) is 5.38. The van der Waals surface area contributed by atoms with E-state index < -0.39 is 5.82 Å². The van der Waals surface area contributed by atoms with Gasteiger partial charge in [0.1, 0.15) is 17.3 Å². The summed E-state index contributed by atoms with van der Waals surface area (Å²) in [6, 6.07) is 8.35. The molecule has 0 amide bonds. The van der Waals surface area contributed by atoms with Crippen LogP contribution in [-0.4, -0.2) is 6.29 Å². The van der Waals surface area contributed by atoms with Gasteiger partial charge in [-0.3, -0.25) is 4.79 Å². The molecule has 0 radical (unpaired) electrons. The molecule has 0 aliphatic carbocycles. The van der Waals surface area contributed by atoms with Crippen molar-refractivity contribution in [2.75, 3.05) is 0 Å². The van der Waals surface area contributed by atoms with Crippen molar-refractivity contribution < 1.29 is 13.9 Å². The van der Waals surface area contributed by atoms with E-state index in [1.54, 1.807) is 12.1 Å². The lowest BCUT2D eigenvalue weighted by Crippen LogP contribution is -1.92. The molecule has 0 fully saturated rings. The van der Waals surface area contributed by atoms with Crippen molar-refractivity contribution in [3.63, 3.8) is 0 Å². The zero-order chi connectivity index (χ0) is 13.1. The molecule has 2 rings (SSSR count). The highest BCUT2D eigenvalue weighted by molar-refractivity contribution is 6.35. The summed E-state index contributed by atoms with van der Waals surface area (Å²) in [5, 5.41) is 0.783. The molecule has 0 N–H and O–H groups in total. The standard InChI is InChI=1S/C13H7Cl2FO2/c14-9-1-3-13(11(15)6-9)18-12-4-2-10(16)5-8(12)7-17/h1-7H. The fraction of sp³-hybridized carbons (Fsp3) is 0. The summed E-state index contributed by atoms with van der Waals surface area (Å²) in [5.41, 5.74) is 0.112. The Balaban J connectivity index is 2.36. The number of benzene rings is 2. The first kappa shape index (κ1) is 12.9. The van der Waals surface area contributed by atoms with Gasteiger partial charge in [-0.05, 0) is 36.4 Å². The first-order valence-corrected chi connectivity index (χ1v) is 5.73. The van der Waals surface area contributed by atoms with Gasteiger partial charge in [-0.1, -0.05) is 23.2 Å². The molecule has 0 aromatic heterocycles. The molecular formula is C13H7Cl2FO2. The Kier molecular flexibility index (Phi) is 3.84. The average molecular weight is 285 g/mol. The summed E-state index contributed by atoms with van der Waals surface area (Å²) in [4.78, 5) is 10.8. The maximum Gasteiger partial charge on any atom is 0.153 e. The summed E-state index contributed by atoms with van der Waals surface area (Å²) < 4.78 is 18.4. The number of carbonyl (C=O) groups is 1. The van der Waals surface area contributed by atoms with E-state index >= 15 is 0 Å². The van der Waals surface area contributed by atoms with Gasteiger partial charge in [0.05, 0.1) is 10.6 Å². The van der Waals surface area contributed by atoms with Gasteiger partial charge in [0, 0.05) is 5.02 Å². The van der Waals surface area contributed by atoms with Crippen LogP contribution in [0.1, 0.15) is 10.4 Å². The van der Waals surface area contributed by atoms with E-state index in [9.17, 15) is 9.18 Å². The Bertz CT molecular complexity index is 600. The third-order valence-electron chi connectivity index (χ3n) is 2.21. The van der Waals surface area contributed by atoms with Crippen LogP contribution >= 0.6 is 23.2 Å². The molecule has 2 aromatic carbocycles. The molecule has 0 aliphatic heterocycles. The number of rotatable bonds is 3. The highest BCUT2D eigenvalue weighted by atomic mass is 35.5. The van der Waals surface area contributed by atoms with Crippen LogP contribution in [0.3, 0.4) is 0 Å². The molecule has 2 aromatic rings. The molecule has 0 saturated carbocycles. The van der Waals surface area contributed by atoms with Crippen LogP contribution in [0.25, 0.3) is 0 Å². The molecule has 0 unspecified atom stereocenters. The van der Waals surface area contributed by atoms with Crippen LogP contribution in [0.2, 0.25) is 10.0 Å². The minimum absolute atomic E-state index is 0.112. The predicted octanol–water partition coefficient (Wildman–Crippen LogP) is 4.74. The van der Waals surface area contributed by atoms with Crippen molar-refractivity contribution in [2.45, 2.75) is 0 Å². The highest BCUT2D eigenvalue weighted by Gasteiger charge is 2.08. The summed E-state index contributed by atoms with van der Waals surface area (Å²) >= 11 is 11.7. The lowest BCUT2D eigenvalue weighted by atomic mass is 10.2. The van der Waals surface area contributed by atoms with Crippen molar-refractivity contribution in [2.24, 2.45) is 0 Å². The van der Waals surface area contributed by atoms with E-state index in [1.165, 1.54) is 18.2 Å². The normalized spacial score (nSPS) is 10.2. The average Bonchev–Trinajstić information content (AvgIpc) is 2.34. The first-order chi connectivity index (χ1) is 8.60. The van der Waals surface area contributed by atoms with Gasteiger partial charge in [-0.25, -0.2) is 4.39 Å². The van der Waals surface area contributed by atoms with Gasteiger partial charge in [-0.15, -0.1) is 0 Å². The number of halogens is 3. The zero-order valence-corrected chi connectivity index (χ0v) is 10.5. The first-order valence-electron chi connectivity index (χ1n) is 4.98. The third kappa shape index (κ3) is 2.81. The van der Waals surface area contributed by atoms with Crippen LogP contribution in [-0.2, 0) is 0 Å². The van der Waals surface area contributed by atoms with E-state index in [1.807, 2.05) is 0 Å². The lowest BCUT2D eigenvalue weighted by Gasteiger charge is -2.09. The molecule has 2 nitrogen and oxygen atoms in total. The van der Waals surface area contributed by atoms with Crippen molar-refractivity contribution in [3.8, 4) is 11.5 Å². The topological polar surface area (TPSA) is 26.3 Å². The summed E-state index contributed by atoms with van der Waals surface area (Å²) in [6.07, 6.45) is 0.516. The molecule has 0 saturated heterocycles. The third-order valence-corrected chi connectivity index (χ3v) is 2.74. The molecule has 0 aliphatic rings. The van der Waals surface area contributed by atoms with Gasteiger partial charge in [-0.2, -0.15) is 0 Å². The Morgan fingerprint density at radius 3 is 2.44 bits per heavy atom. The summed E-state index contributed by atoms with van der Waals surface area (Å²) in [6.45, 7) is 0. The van der Waals surface area contributed by atoms with Gasteiger partial charge >= 0.3 is 0 Å². The number of hydrogen-bond acceptors (Lipinski definition) is 2. The molecule has 0 bridgehead atoms. The van der Waals surface area contributed by atoms with E-state index in [2.05, 4.69) is 0 Å². The number of aldehydes is 1. The SMILES string of the molecule is O=Cc1cc(F)ccc1Oc1ccc(Cl)cc1Cl. The Hall–Kier alpha value is -1.58. The van der Waals surface area contributed by atoms with E-state index in [0.29, 0.717) is 22.1 Å². The molecular weight excluding hydrogens is 278 g/mol.